The number of hydrogen-bond acceptors (Lipinski definition) is 4. The van der Waals surface area contributed by atoms with E-state index < -0.39 is 5.97 Å². The number of aryl methyl sites for hydroxylation is 2. The molecule has 124 valence electrons. The topological polar surface area (TPSA) is 57.0 Å². The number of fused-ring (bicyclic) bond motifs is 1. The highest BCUT2D eigenvalue weighted by atomic mass is 35.5. The van der Waals surface area contributed by atoms with E-state index in [1.54, 1.807) is 12.1 Å². The number of methoxy groups -OCH3 is 1. The van der Waals surface area contributed by atoms with Crippen molar-refractivity contribution in [2.45, 2.75) is 26.8 Å². The molecule has 0 amide bonds. The molecule has 0 unspecified atom stereocenters. The van der Waals surface area contributed by atoms with Crippen molar-refractivity contribution in [2.75, 3.05) is 7.11 Å². The van der Waals surface area contributed by atoms with Crippen LogP contribution in [0.1, 0.15) is 34.4 Å². The Morgan fingerprint density at radius 1 is 1.25 bits per heavy atom. The van der Waals surface area contributed by atoms with Crippen LogP contribution in [0.5, 0.6) is 0 Å². The SMILES string of the molecule is CCc1ccc(Cn2c(C)nc3ccc(C(=O)OC)nc32)c(Cl)c1. The predicted molar refractivity (Wildman–Crippen MR) is 93.5 cm³/mol. The van der Waals surface area contributed by atoms with E-state index in [-0.39, 0.29) is 5.69 Å². The number of imidazole rings is 1. The number of halogens is 1. The Labute approximate surface area is 145 Å². The highest BCUT2D eigenvalue weighted by molar-refractivity contribution is 6.31. The van der Waals surface area contributed by atoms with Gasteiger partial charge in [-0.3, -0.25) is 0 Å². The Bertz CT molecular complexity index is 918. The number of hydrogen-bond donors (Lipinski definition) is 0. The van der Waals surface area contributed by atoms with Crippen LogP contribution < -0.4 is 0 Å². The van der Waals surface area contributed by atoms with E-state index >= 15 is 0 Å². The van der Waals surface area contributed by atoms with Crippen molar-refractivity contribution in [1.82, 2.24) is 14.5 Å². The Kier molecular flexibility index (Phi) is 4.53. The number of carbonyl (C=O) groups excluding carboxylic acids is 1. The molecule has 0 aliphatic rings. The first-order valence-electron chi connectivity index (χ1n) is 7.73. The quantitative estimate of drug-likeness (QED) is 0.676. The lowest BCUT2D eigenvalue weighted by molar-refractivity contribution is 0.0594. The summed E-state index contributed by atoms with van der Waals surface area (Å²) in [5, 5.41) is 0.722. The average Bonchev–Trinajstić information content (AvgIpc) is 2.90. The van der Waals surface area contributed by atoms with Gasteiger partial charge in [-0.15, -0.1) is 0 Å². The van der Waals surface area contributed by atoms with Gasteiger partial charge in [0.1, 0.15) is 11.3 Å². The number of rotatable bonds is 4. The Balaban J connectivity index is 2.05. The average molecular weight is 344 g/mol. The van der Waals surface area contributed by atoms with Crippen molar-refractivity contribution in [3.8, 4) is 0 Å². The lowest BCUT2D eigenvalue weighted by atomic mass is 10.1. The number of aromatic nitrogens is 3. The molecule has 2 aromatic heterocycles. The van der Waals surface area contributed by atoms with Crippen molar-refractivity contribution >= 4 is 28.7 Å². The van der Waals surface area contributed by atoms with Gasteiger partial charge in [0.2, 0.25) is 0 Å². The van der Waals surface area contributed by atoms with Crippen LogP contribution in [0.15, 0.2) is 30.3 Å². The van der Waals surface area contributed by atoms with Crippen LogP contribution in [0.2, 0.25) is 5.02 Å². The molecule has 0 N–H and O–H groups in total. The van der Waals surface area contributed by atoms with Gasteiger partial charge < -0.3 is 9.30 Å². The molecule has 0 fully saturated rings. The molecule has 0 bridgehead atoms. The van der Waals surface area contributed by atoms with Crippen molar-refractivity contribution in [3.05, 3.63) is 58.0 Å². The molecule has 3 rings (SSSR count). The summed E-state index contributed by atoms with van der Waals surface area (Å²) in [7, 11) is 1.34. The number of nitrogens with zero attached hydrogens (tertiary/aromatic N) is 3. The van der Waals surface area contributed by atoms with Crippen molar-refractivity contribution in [3.63, 3.8) is 0 Å². The van der Waals surface area contributed by atoms with Gasteiger partial charge in [0.25, 0.3) is 0 Å². The van der Waals surface area contributed by atoms with Crippen molar-refractivity contribution in [1.29, 1.82) is 0 Å². The minimum Gasteiger partial charge on any atom is -0.464 e. The fourth-order valence-electron chi connectivity index (χ4n) is 2.63. The third kappa shape index (κ3) is 2.99. The van der Waals surface area contributed by atoms with Gasteiger partial charge in [-0.05, 0) is 42.7 Å². The molecular formula is C18H18ClN3O2. The normalized spacial score (nSPS) is 11.0. The molecule has 0 saturated carbocycles. The van der Waals surface area contributed by atoms with Gasteiger partial charge in [-0.25, -0.2) is 14.8 Å². The minimum atomic E-state index is -0.465. The summed E-state index contributed by atoms with van der Waals surface area (Å²) in [6.45, 7) is 4.55. The molecule has 5 nitrogen and oxygen atoms in total. The van der Waals surface area contributed by atoms with Gasteiger partial charge in [0.05, 0.1) is 13.7 Å². The fraction of sp³-hybridized carbons (Fsp3) is 0.278. The Morgan fingerprint density at radius 3 is 2.71 bits per heavy atom. The zero-order valence-corrected chi connectivity index (χ0v) is 14.6. The summed E-state index contributed by atoms with van der Waals surface area (Å²) in [5.74, 6) is 0.350. The summed E-state index contributed by atoms with van der Waals surface area (Å²) >= 11 is 6.40. The van der Waals surface area contributed by atoms with Gasteiger partial charge in [-0.1, -0.05) is 30.7 Å². The first-order valence-corrected chi connectivity index (χ1v) is 8.10. The van der Waals surface area contributed by atoms with E-state index in [2.05, 4.69) is 23.0 Å². The highest BCUT2D eigenvalue weighted by Crippen LogP contribution is 2.22. The molecule has 24 heavy (non-hydrogen) atoms. The van der Waals surface area contributed by atoms with Gasteiger partial charge >= 0.3 is 5.97 Å². The van der Waals surface area contributed by atoms with Crippen LogP contribution in [0.4, 0.5) is 0 Å². The second-order valence-corrected chi connectivity index (χ2v) is 5.96. The third-order valence-electron chi connectivity index (χ3n) is 4.03. The number of ether oxygens (including phenoxy) is 1. The van der Waals surface area contributed by atoms with Gasteiger partial charge in [-0.2, -0.15) is 0 Å². The molecule has 0 saturated heterocycles. The van der Waals surface area contributed by atoms with Crippen molar-refractivity contribution < 1.29 is 9.53 Å². The van der Waals surface area contributed by atoms with E-state index in [9.17, 15) is 4.79 Å². The number of benzene rings is 1. The molecule has 0 aliphatic heterocycles. The lowest BCUT2D eigenvalue weighted by Gasteiger charge is -2.10. The van der Waals surface area contributed by atoms with E-state index in [1.165, 1.54) is 12.7 Å². The monoisotopic (exact) mass is 343 g/mol. The maximum atomic E-state index is 11.7. The summed E-state index contributed by atoms with van der Waals surface area (Å²) in [6, 6.07) is 9.48. The molecule has 6 heteroatoms. The van der Waals surface area contributed by atoms with Gasteiger partial charge in [0.15, 0.2) is 11.3 Å². The van der Waals surface area contributed by atoms with Crippen LogP contribution in [-0.4, -0.2) is 27.6 Å². The smallest absolute Gasteiger partial charge is 0.356 e. The van der Waals surface area contributed by atoms with Crippen LogP contribution in [0.3, 0.4) is 0 Å². The molecule has 0 radical (unpaired) electrons. The van der Waals surface area contributed by atoms with Crippen LogP contribution >= 0.6 is 11.6 Å². The van der Waals surface area contributed by atoms with E-state index in [4.69, 9.17) is 16.3 Å². The first-order chi connectivity index (χ1) is 11.5. The summed E-state index contributed by atoms with van der Waals surface area (Å²) in [6.07, 6.45) is 0.942. The second kappa shape index (κ2) is 6.61. The Morgan fingerprint density at radius 2 is 2.04 bits per heavy atom. The molecule has 0 spiro atoms. The first kappa shape index (κ1) is 16.5. The predicted octanol–water partition coefficient (Wildman–Crippen LogP) is 3.79. The zero-order chi connectivity index (χ0) is 17.3. The number of esters is 1. The minimum absolute atomic E-state index is 0.263. The molecule has 1 aromatic carbocycles. The van der Waals surface area contributed by atoms with E-state index in [0.29, 0.717) is 12.2 Å². The fourth-order valence-corrected chi connectivity index (χ4v) is 2.89. The maximum absolute atomic E-state index is 11.7. The summed E-state index contributed by atoms with van der Waals surface area (Å²) in [5.41, 5.74) is 3.83. The molecule has 0 aliphatic carbocycles. The van der Waals surface area contributed by atoms with Gasteiger partial charge in [0, 0.05) is 5.02 Å². The zero-order valence-electron chi connectivity index (χ0n) is 13.8. The lowest BCUT2D eigenvalue weighted by Crippen LogP contribution is -2.07. The third-order valence-corrected chi connectivity index (χ3v) is 4.38. The number of carbonyl (C=O) groups is 1. The van der Waals surface area contributed by atoms with Crippen LogP contribution in [-0.2, 0) is 17.7 Å². The van der Waals surface area contributed by atoms with E-state index in [1.807, 2.05) is 23.6 Å². The summed E-state index contributed by atoms with van der Waals surface area (Å²) in [4.78, 5) is 20.6. The number of pyridine rings is 1. The molecular weight excluding hydrogens is 326 g/mol. The van der Waals surface area contributed by atoms with Crippen LogP contribution in [0.25, 0.3) is 11.2 Å². The molecule has 0 atom stereocenters. The second-order valence-electron chi connectivity index (χ2n) is 5.56. The van der Waals surface area contributed by atoms with Crippen LogP contribution in [0, 0.1) is 6.92 Å². The van der Waals surface area contributed by atoms with E-state index in [0.717, 1.165) is 28.3 Å². The van der Waals surface area contributed by atoms with Crippen molar-refractivity contribution in [2.24, 2.45) is 0 Å². The Hall–Kier alpha value is -2.40. The largest absolute Gasteiger partial charge is 0.464 e. The highest BCUT2D eigenvalue weighted by Gasteiger charge is 2.14. The molecule has 3 aromatic rings. The summed E-state index contributed by atoms with van der Waals surface area (Å²) < 4.78 is 6.70. The molecule has 2 heterocycles. The standard InChI is InChI=1S/C18H18ClN3O2/c1-4-12-5-6-13(14(19)9-12)10-22-11(2)20-15-7-8-16(18(23)24-3)21-17(15)22/h5-9H,4,10H2,1-3H3. The maximum Gasteiger partial charge on any atom is 0.356 e.